The highest BCUT2D eigenvalue weighted by molar-refractivity contribution is 5.78. The Morgan fingerprint density at radius 1 is 1.28 bits per heavy atom. The first-order chi connectivity index (χ1) is 8.79. The molecule has 2 rings (SSSR count). The quantitative estimate of drug-likeness (QED) is 0.785. The summed E-state index contributed by atoms with van der Waals surface area (Å²) < 4.78 is 0. The van der Waals surface area contributed by atoms with Crippen molar-refractivity contribution in [1.82, 2.24) is 10.3 Å². The van der Waals surface area contributed by atoms with Crippen LogP contribution in [-0.4, -0.2) is 18.1 Å². The molecule has 0 aliphatic carbocycles. The molecule has 1 aromatic carbocycles. The van der Waals surface area contributed by atoms with Crippen LogP contribution in [0.4, 0.5) is 0 Å². The van der Waals surface area contributed by atoms with E-state index >= 15 is 0 Å². The maximum Gasteiger partial charge on any atom is 0.0702 e. The number of nitrogens with zero attached hydrogens (tertiary/aromatic N) is 1. The third kappa shape index (κ3) is 3.54. The van der Waals surface area contributed by atoms with Gasteiger partial charge in [0.25, 0.3) is 0 Å². The SMILES string of the molecule is CCCNCC(C)Cc1ccc2ncccc2c1. The largest absolute Gasteiger partial charge is 0.316 e. The van der Waals surface area contributed by atoms with Crippen LogP contribution in [0.2, 0.25) is 0 Å². The van der Waals surface area contributed by atoms with E-state index in [1.807, 2.05) is 12.3 Å². The highest BCUT2D eigenvalue weighted by Crippen LogP contribution is 2.16. The molecule has 1 N–H and O–H groups in total. The molecule has 0 radical (unpaired) electrons. The molecule has 0 bridgehead atoms. The van der Waals surface area contributed by atoms with E-state index < -0.39 is 0 Å². The van der Waals surface area contributed by atoms with Gasteiger partial charge in [-0.25, -0.2) is 0 Å². The molecule has 0 aliphatic heterocycles. The van der Waals surface area contributed by atoms with Gasteiger partial charge < -0.3 is 5.32 Å². The van der Waals surface area contributed by atoms with Gasteiger partial charge in [-0.1, -0.05) is 26.0 Å². The topological polar surface area (TPSA) is 24.9 Å². The van der Waals surface area contributed by atoms with E-state index in [1.54, 1.807) is 0 Å². The third-order valence-electron chi connectivity index (χ3n) is 3.17. The second-order valence-electron chi connectivity index (χ2n) is 5.04. The Labute approximate surface area is 109 Å². The van der Waals surface area contributed by atoms with Gasteiger partial charge in [0.2, 0.25) is 0 Å². The van der Waals surface area contributed by atoms with Crippen molar-refractivity contribution in [3.05, 3.63) is 42.1 Å². The molecule has 1 heterocycles. The van der Waals surface area contributed by atoms with Crippen molar-refractivity contribution in [3.63, 3.8) is 0 Å². The van der Waals surface area contributed by atoms with Crippen LogP contribution in [0.3, 0.4) is 0 Å². The normalized spacial score (nSPS) is 12.8. The highest BCUT2D eigenvalue weighted by atomic mass is 14.8. The van der Waals surface area contributed by atoms with Gasteiger partial charge in [-0.15, -0.1) is 0 Å². The lowest BCUT2D eigenvalue weighted by Gasteiger charge is -2.12. The molecule has 2 aromatic rings. The smallest absolute Gasteiger partial charge is 0.0702 e. The van der Waals surface area contributed by atoms with Gasteiger partial charge in [-0.05, 0) is 55.6 Å². The molecular formula is C16H22N2. The van der Waals surface area contributed by atoms with E-state index in [4.69, 9.17) is 0 Å². The minimum absolute atomic E-state index is 0.672. The number of aromatic nitrogens is 1. The molecule has 0 fully saturated rings. The predicted octanol–water partition coefficient (Wildman–Crippen LogP) is 3.41. The predicted molar refractivity (Wildman–Crippen MR) is 77.8 cm³/mol. The minimum Gasteiger partial charge on any atom is -0.316 e. The molecule has 2 nitrogen and oxygen atoms in total. The maximum absolute atomic E-state index is 4.35. The van der Waals surface area contributed by atoms with Gasteiger partial charge in [0.05, 0.1) is 5.52 Å². The molecule has 0 spiro atoms. The number of benzene rings is 1. The fourth-order valence-corrected chi connectivity index (χ4v) is 2.25. The van der Waals surface area contributed by atoms with Gasteiger partial charge in [0.1, 0.15) is 0 Å². The Morgan fingerprint density at radius 3 is 3.00 bits per heavy atom. The van der Waals surface area contributed by atoms with Crippen LogP contribution in [0.25, 0.3) is 10.9 Å². The van der Waals surface area contributed by atoms with E-state index in [9.17, 15) is 0 Å². The van der Waals surface area contributed by atoms with E-state index in [0.29, 0.717) is 5.92 Å². The Balaban J connectivity index is 1.98. The molecule has 0 saturated heterocycles. The summed E-state index contributed by atoms with van der Waals surface area (Å²) in [4.78, 5) is 4.35. The maximum atomic E-state index is 4.35. The van der Waals surface area contributed by atoms with E-state index in [1.165, 1.54) is 17.4 Å². The number of hydrogen-bond acceptors (Lipinski definition) is 2. The van der Waals surface area contributed by atoms with Crippen molar-refractivity contribution in [3.8, 4) is 0 Å². The second kappa shape index (κ2) is 6.50. The molecule has 1 aromatic heterocycles. The monoisotopic (exact) mass is 242 g/mol. The summed E-state index contributed by atoms with van der Waals surface area (Å²) in [6, 6.07) is 10.7. The number of rotatable bonds is 6. The fraction of sp³-hybridized carbons (Fsp3) is 0.438. The first-order valence-electron chi connectivity index (χ1n) is 6.84. The summed E-state index contributed by atoms with van der Waals surface area (Å²) in [5.74, 6) is 0.672. The van der Waals surface area contributed by atoms with Crippen LogP contribution in [0.15, 0.2) is 36.5 Å². The van der Waals surface area contributed by atoms with Gasteiger partial charge in [-0.3, -0.25) is 4.98 Å². The average Bonchev–Trinajstić information content (AvgIpc) is 2.39. The first kappa shape index (κ1) is 13.0. The van der Waals surface area contributed by atoms with Crippen LogP contribution in [0, 0.1) is 5.92 Å². The lowest BCUT2D eigenvalue weighted by Crippen LogP contribution is -2.23. The summed E-state index contributed by atoms with van der Waals surface area (Å²) >= 11 is 0. The third-order valence-corrected chi connectivity index (χ3v) is 3.17. The summed E-state index contributed by atoms with van der Waals surface area (Å²) in [7, 11) is 0. The lowest BCUT2D eigenvalue weighted by atomic mass is 9.99. The Bertz CT molecular complexity index is 493. The zero-order valence-electron chi connectivity index (χ0n) is 11.3. The molecule has 1 atom stereocenters. The minimum atomic E-state index is 0.672. The molecule has 0 amide bonds. The zero-order valence-corrected chi connectivity index (χ0v) is 11.3. The first-order valence-corrected chi connectivity index (χ1v) is 6.84. The molecule has 18 heavy (non-hydrogen) atoms. The fourth-order valence-electron chi connectivity index (χ4n) is 2.25. The van der Waals surface area contributed by atoms with Crippen molar-refractivity contribution in [1.29, 1.82) is 0 Å². The Morgan fingerprint density at radius 2 is 2.17 bits per heavy atom. The van der Waals surface area contributed by atoms with Crippen LogP contribution < -0.4 is 5.32 Å². The van der Waals surface area contributed by atoms with E-state index in [0.717, 1.165) is 25.0 Å². The summed E-state index contributed by atoms with van der Waals surface area (Å²) in [6.45, 7) is 6.72. The molecule has 0 aliphatic rings. The van der Waals surface area contributed by atoms with Crippen LogP contribution in [0.1, 0.15) is 25.8 Å². The number of fused-ring (bicyclic) bond motifs is 1. The van der Waals surface area contributed by atoms with Gasteiger partial charge in [0.15, 0.2) is 0 Å². The standard InChI is InChI=1S/C16H22N2/c1-3-8-17-12-13(2)10-14-6-7-16-15(11-14)5-4-9-18-16/h4-7,9,11,13,17H,3,8,10,12H2,1-2H3. The summed E-state index contributed by atoms with van der Waals surface area (Å²) in [6.07, 6.45) is 4.18. The molecular weight excluding hydrogens is 220 g/mol. The summed E-state index contributed by atoms with van der Waals surface area (Å²) in [5, 5.41) is 4.72. The number of nitrogens with one attached hydrogen (secondary N) is 1. The second-order valence-corrected chi connectivity index (χ2v) is 5.04. The van der Waals surface area contributed by atoms with Crippen molar-refractivity contribution < 1.29 is 0 Å². The van der Waals surface area contributed by atoms with Gasteiger partial charge in [-0.2, -0.15) is 0 Å². The van der Waals surface area contributed by atoms with Crippen LogP contribution in [-0.2, 0) is 6.42 Å². The molecule has 2 heteroatoms. The lowest BCUT2D eigenvalue weighted by molar-refractivity contribution is 0.511. The van der Waals surface area contributed by atoms with E-state index in [2.05, 4.69) is 48.4 Å². The molecule has 0 saturated carbocycles. The Hall–Kier alpha value is -1.41. The van der Waals surface area contributed by atoms with Crippen molar-refractivity contribution in [2.24, 2.45) is 5.92 Å². The van der Waals surface area contributed by atoms with Crippen molar-refractivity contribution in [2.75, 3.05) is 13.1 Å². The number of hydrogen-bond donors (Lipinski definition) is 1. The van der Waals surface area contributed by atoms with Crippen LogP contribution >= 0.6 is 0 Å². The van der Waals surface area contributed by atoms with E-state index in [-0.39, 0.29) is 0 Å². The van der Waals surface area contributed by atoms with Gasteiger partial charge >= 0.3 is 0 Å². The van der Waals surface area contributed by atoms with Gasteiger partial charge in [0, 0.05) is 11.6 Å². The summed E-state index contributed by atoms with van der Waals surface area (Å²) in [5.41, 5.74) is 2.49. The zero-order chi connectivity index (χ0) is 12.8. The Kier molecular flexibility index (Phi) is 4.71. The average molecular weight is 242 g/mol. The highest BCUT2D eigenvalue weighted by Gasteiger charge is 2.04. The van der Waals surface area contributed by atoms with Crippen LogP contribution in [0.5, 0.6) is 0 Å². The van der Waals surface area contributed by atoms with Crippen molar-refractivity contribution in [2.45, 2.75) is 26.7 Å². The number of pyridine rings is 1. The van der Waals surface area contributed by atoms with Crippen molar-refractivity contribution >= 4 is 10.9 Å². The molecule has 1 unspecified atom stereocenters. The molecule has 96 valence electrons.